The second kappa shape index (κ2) is 8.96. The van der Waals surface area contributed by atoms with E-state index in [2.05, 4.69) is 15.2 Å². The summed E-state index contributed by atoms with van der Waals surface area (Å²) in [5, 5.41) is 21.3. The zero-order valence-electron chi connectivity index (χ0n) is 19.2. The molecule has 0 fully saturated rings. The Morgan fingerprint density at radius 2 is 1.36 bits per heavy atom. The van der Waals surface area contributed by atoms with Crippen molar-refractivity contribution in [1.82, 2.24) is 14.1 Å². The van der Waals surface area contributed by atoms with Gasteiger partial charge in [0.05, 0.1) is 28.7 Å². The molecule has 0 aliphatic rings. The third-order valence-electron chi connectivity index (χ3n) is 6.11. The van der Waals surface area contributed by atoms with Crippen LogP contribution in [0.5, 0.6) is 5.88 Å². The number of nitrogens with zero attached hydrogens (tertiary/aromatic N) is 5. The molecule has 7 nitrogen and oxygen atoms in total. The van der Waals surface area contributed by atoms with Crippen molar-refractivity contribution in [2.45, 2.75) is 6.54 Å². The second-order valence-corrected chi connectivity index (χ2v) is 8.37. The molecule has 0 atom stereocenters. The molecule has 0 amide bonds. The lowest BCUT2D eigenvalue weighted by atomic mass is 10.2. The normalized spacial score (nSPS) is 11.6. The van der Waals surface area contributed by atoms with Crippen molar-refractivity contribution in [1.29, 1.82) is 0 Å². The lowest BCUT2D eigenvalue weighted by Gasteiger charge is -2.09. The topological polar surface area (TPSA) is 84.8 Å². The van der Waals surface area contributed by atoms with E-state index < -0.39 is 0 Å². The predicted molar refractivity (Wildman–Crippen MR) is 141 cm³/mol. The smallest absolute Gasteiger partial charge is 0.267 e. The van der Waals surface area contributed by atoms with Crippen molar-refractivity contribution in [3.8, 4) is 11.6 Å². The van der Waals surface area contributed by atoms with Crippen LogP contribution in [0.2, 0.25) is 0 Å². The maximum absolute atomic E-state index is 13.4. The van der Waals surface area contributed by atoms with Gasteiger partial charge in [0.15, 0.2) is 5.69 Å². The summed E-state index contributed by atoms with van der Waals surface area (Å²) in [7, 11) is 0. The zero-order chi connectivity index (χ0) is 24.5. The van der Waals surface area contributed by atoms with E-state index in [0.29, 0.717) is 28.8 Å². The number of para-hydroxylation sites is 3. The van der Waals surface area contributed by atoms with Crippen LogP contribution in [0, 0.1) is 0 Å². The maximum Gasteiger partial charge on any atom is 0.267 e. The Labute approximate surface area is 206 Å². The van der Waals surface area contributed by atoms with Gasteiger partial charge in [0.2, 0.25) is 5.88 Å². The summed E-state index contributed by atoms with van der Waals surface area (Å²) < 4.78 is 3.24. The molecule has 0 unspecified atom stereocenters. The number of azo groups is 1. The Morgan fingerprint density at radius 3 is 2.14 bits per heavy atom. The molecule has 174 valence electrons. The van der Waals surface area contributed by atoms with Crippen molar-refractivity contribution in [3.05, 3.63) is 125 Å². The van der Waals surface area contributed by atoms with Crippen LogP contribution < -0.4 is 5.56 Å². The van der Waals surface area contributed by atoms with E-state index in [1.807, 2.05) is 97.1 Å². The fraction of sp³-hybridized carbons (Fsp3) is 0.0345. The van der Waals surface area contributed by atoms with Gasteiger partial charge in [0, 0.05) is 5.39 Å². The molecule has 2 heterocycles. The first-order valence-electron chi connectivity index (χ1n) is 11.5. The highest BCUT2D eigenvalue weighted by molar-refractivity contribution is 5.95. The SMILES string of the molecule is O=c1c2ccccc2nc(N=Nc2c(O)n(Cc3ccccc3)c3ccccc23)n1-c1ccccc1. The number of fused-ring (bicyclic) bond motifs is 2. The van der Waals surface area contributed by atoms with Crippen LogP contribution in [0.3, 0.4) is 0 Å². The number of rotatable bonds is 5. The number of aromatic nitrogens is 3. The van der Waals surface area contributed by atoms with E-state index >= 15 is 0 Å². The summed E-state index contributed by atoms with van der Waals surface area (Å²) in [6.07, 6.45) is 0. The second-order valence-electron chi connectivity index (χ2n) is 8.37. The first kappa shape index (κ1) is 21.5. The molecule has 6 rings (SSSR count). The van der Waals surface area contributed by atoms with Gasteiger partial charge in [-0.15, -0.1) is 10.2 Å². The van der Waals surface area contributed by atoms with Crippen LogP contribution in [0.15, 0.2) is 124 Å². The molecule has 0 saturated heterocycles. The molecule has 1 N–H and O–H groups in total. The molecule has 4 aromatic carbocycles. The predicted octanol–water partition coefficient (Wildman–Crippen LogP) is 6.51. The van der Waals surface area contributed by atoms with Gasteiger partial charge in [0.1, 0.15) is 0 Å². The van der Waals surface area contributed by atoms with Crippen molar-refractivity contribution in [2.75, 3.05) is 0 Å². The maximum atomic E-state index is 13.4. The van der Waals surface area contributed by atoms with Crippen molar-refractivity contribution >= 4 is 33.4 Å². The van der Waals surface area contributed by atoms with Gasteiger partial charge in [-0.05, 0) is 35.9 Å². The molecule has 0 radical (unpaired) electrons. The van der Waals surface area contributed by atoms with Crippen LogP contribution in [-0.2, 0) is 6.54 Å². The summed E-state index contributed by atoms with van der Waals surface area (Å²) in [4.78, 5) is 18.0. The minimum atomic E-state index is -0.239. The number of hydrogen-bond donors (Lipinski definition) is 1. The van der Waals surface area contributed by atoms with Gasteiger partial charge in [-0.2, -0.15) is 0 Å². The van der Waals surface area contributed by atoms with Gasteiger partial charge in [-0.3, -0.25) is 4.79 Å². The van der Waals surface area contributed by atoms with Gasteiger partial charge in [0.25, 0.3) is 11.5 Å². The third kappa shape index (κ3) is 3.73. The van der Waals surface area contributed by atoms with Crippen molar-refractivity contribution in [3.63, 3.8) is 0 Å². The van der Waals surface area contributed by atoms with Crippen LogP contribution in [-0.4, -0.2) is 19.2 Å². The van der Waals surface area contributed by atoms with Crippen molar-refractivity contribution in [2.24, 2.45) is 10.2 Å². The van der Waals surface area contributed by atoms with Crippen LogP contribution in [0.25, 0.3) is 27.5 Å². The van der Waals surface area contributed by atoms with E-state index in [0.717, 1.165) is 16.5 Å². The fourth-order valence-electron chi connectivity index (χ4n) is 4.39. The van der Waals surface area contributed by atoms with Gasteiger partial charge in [-0.25, -0.2) is 9.55 Å². The average molecular weight is 472 g/mol. The molecule has 2 aromatic heterocycles. The highest BCUT2D eigenvalue weighted by atomic mass is 16.3. The van der Waals surface area contributed by atoms with Crippen molar-refractivity contribution < 1.29 is 5.11 Å². The highest BCUT2D eigenvalue weighted by Crippen LogP contribution is 2.39. The molecule has 36 heavy (non-hydrogen) atoms. The number of aromatic hydroxyl groups is 1. The summed E-state index contributed by atoms with van der Waals surface area (Å²) in [6.45, 7) is 0.478. The minimum Gasteiger partial charge on any atom is -0.493 e. The van der Waals surface area contributed by atoms with E-state index in [9.17, 15) is 9.90 Å². The Morgan fingerprint density at radius 1 is 0.722 bits per heavy atom. The first-order valence-corrected chi connectivity index (χ1v) is 11.5. The molecule has 6 aromatic rings. The lowest BCUT2D eigenvalue weighted by molar-refractivity contribution is 0.429. The standard InChI is InChI=1S/C29H21N5O2/c35-27-22-15-7-9-17-24(22)30-29(34(27)21-13-5-2-6-14-21)32-31-26-23-16-8-10-18-25(23)33(28(26)36)19-20-11-3-1-4-12-20/h1-18,36H,19H2. The minimum absolute atomic E-state index is 0.00167. The van der Waals surface area contributed by atoms with Crippen LogP contribution >= 0.6 is 0 Å². The monoisotopic (exact) mass is 471 g/mol. The van der Waals surface area contributed by atoms with E-state index in [4.69, 9.17) is 0 Å². The summed E-state index contributed by atoms with van der Waals surface area (Å²) in [5.74, 6) is 0.127. The summed E-state index contributed by atoms with van der Waals surface area (Å²) in [6, 6.07) is 33.9. The molecule has 0 aliphatic carbocycles. The Bertz CT molecular complexity index is 1790. The quantitative estimate of drug-likeness (QED) is 0.291. The van der Waals surface area contributed by atoms with Crippen LogP contribution in [0.1, 0.15) is 5.56 Å². The molecule has 0 spiro atoms. The van der Waals surface area contributed by atoms with Gasteiger partial charge < -0.3 is 9.67 Å². The van der Waals surface area contributed by atoms with Gasteiger partial charge >= 0.3 is 0 Å². The fourth-order valence-corrected chi connectivity index (χ4v) is 4.39. The van der Waals surface area contributed by atoms with E-state index in [1.54, 1.807) is 16.7 Å². The molecular formula is C29H21N5O2. The molecule has 0 bridgehead atoms. The van der Waals surface area contributed by atoms with Gasteiger partial charge in [-0.1, -0.05) is 78.9 Å². The number of benzene rings is 4. The molecule has 0 aliphatic heterocycles. The Hall–Kier alpha value is -5.04. The molecule has 0 saturated carbocycles. The number of hydrogen-bond acceptors (Lipinski definition) is 5. The molecule has 7 heteroatoms. The Kier molecular flexibility index (Phi) is 5.35. The highest BCUT2D eigenvalue weighted by Gasteiger charge is 2.18. The lowest BCUT2D eigenvalue weighted by Crippen LogP contribution is -2.19. The van der Waals surface area contributed by atoms with E-state index in [-0.39, 0.29) is 17.4 Å². The third-order valence-corrected chi connectivity index (χ3v) is 6.11. The molecular weight excluding hydrogens is 450 g/mol. The average Bonchev–Trinajstić information content (AvgIpc) is 3.19. The largest absolute Gasteiger partial charge is 0.493 e. The summed E-state index contributed by atoms with van der Waals surface area (Å²) >= 11 is 0. The van der Waals surface area contributed by atoms with Crippen LogP contribution in [0.4, 0.5) is 11.6 Å². The first-order chi connectivity index (χ1) is 17.7. The zero-order valence-corrected chi connectivity index (χ0v) is 19.2. The van der Waals surface area contributed by atoms with E-state index in [1.165, 1.54) is 4.57 Å². The summed E-state index contributed by atoms with van der Waals surface area (Å²) in [5.41, 5.74) is 3.12. The Balaban J connectivity index is 1.53.